The lowest BCUT2D eigenvalue weighted by atomic mass is 9.92. The van der Waals surface area contributed by atoms with E-state index in [1.165, 1.54) is 12.3 Å². The zero-order valence-corrected chi connectivity index (χ0v) is 18.6. The second-order valence-electron chi connectivity index (χ2n) is 8.50. The fourth-order valence-corrected chi connectivity index (χ4v) is 4.32. The molecule has 7 heteroatoms. The van der Waals surface area contributed by atoms with Gasteiger partial charge in [0.1, 0.15) is 11.5 Å². The molecule has 1 saturated heterocycles. The van der Waals surface area contributed by atoms with Crippen molar-refractivity contribution in [2.24, 2.45) is 10.7 Å². The predicted octanol–water partition coefficient (Wildman–Crippen LogP) is 4.65. The van der Waals surface area contributed by atoms with Crippen LogP contribution in [0.25, 0.3) is 5.57 Å². The lowest BCUT2D eigenvalue weighted by Gasteiger charge is -2.35. The van der Waals surface area contributed by atoms with Crippen LogP contribution in [-0.4, -0.2) is 38.4 Å². The molecule has 170 valence electrons. The Labute approximate surface area is 188 Å². The average Bonchev–Trinajstić information content (AvgIpc) is 2.80. The van der Waals surface area contributed by atoms with Crippen LogP contribution in [0.15, 0.2) is 41.5 Å². The maximum absolute atomic E-state index is 13.9. The van der Waals surface area contributed by atoms with Crippen LogP contribution < -0.4 is 20.7 Å². The molecule has 0 radical (unpaired) electrons. The molecule has 3 N–H and O–H groups in total. The highest BCUT2D eigenvalue weighted by atomic mass is 19.2. The first kappa shape index (κ1) is 22.3. The fourth-order valence-electron chi connectivity index (χ4n) is 4.32. The number of nitrogens with two attached hydrogens (primary N) is 1. The van der Waals surface area contributed by atoms with Gasteiger partial charge in [-0.3, -0.25) is 4.99 Å². The van der Waals surface area contributed by atoms with Gasteiger partial charge < -0.3 is 20.7 Å². The Morgan fingerprint density at radius 1 is 1.16 bits per heavy atom. The van der Waals surface area contributed by atoms with Gasteiger partial charge in [-0.25, -0.2) is 8.78 Å². The maximum Gasteiger partial charge on any atom is 0.162 e. The van der Waals surface area contributed by atoms with Crippen molar-refractivity contribution in [3.63, 3.8) is 0 Å². The van der Waals surface area contributed by atoms with Crippen LogP contribution in [0.3, 0.4) is 0 Å². The summed E-state index contributed by atoms with van der Waals surface area (Å²) < 4.78 is 33.5. The second-order valence-corrected chi connectivity index (χ2v) is 8.50. The lowest BCUT2D eigenvalue weighted by molar-refractivity contribution is 0.452. The number of allylic oxidation sites excluding steroid dienone is 1. The standard InChI is InChI=1S/C25H30F2N4O/c1-16-3-5-21-24(31(16)2)8-6-20(17(14-28)15-30-18-9-11-29-12-10-18)25(21)32-19-4-7-22(26)23(27)13-19/h4,6-8,13-16,18,29H,3,5,9-12,28H2,1-2H3. The average molecular weight is 441 g/mol. The van der Waals surface area contributed by atoms with Gasteiger partial charge in [0.15, 0.2) is 11.6 Å². The number of halogens is 2. The molecule has 2 aromatic rings. The minimum Gasteiger partial charge on any atom is -0.456 e. The Kier molecular flexibility index (Phi) is 6.74. The summed E-state index contributed by atoms with van der Waals surface area (Å²) in [6.45, 7) is 4.10. The Morgan fingerprint density at radius 3 is 2.66 bits per heavy atom. The summed E-state index contributed by atoms with van der Waals surface area (Å²) in [5.74, 6) is -0.994. The molecule has 0 bridgehead atoms. The fraction of sp³-hybridized carbons (Fsp3) is 0.400. The first-order valence-electron chi connectivity index (χ1n) is 11.2. The van der Waals surface area contributed by atoms with E-state index in [1.54, 1.807) is 0 Å². The van der Waals surface area contributed by atoms with Crippen molar-refractivity contribution in [1.29, 1.82) is 0 Å². The summed E-state index contributed by atoms with van der Waals surface area (Å²) in [7, 11) is 2.06. The van der Waals surface area contributed by atoms with Gasteiger partial charge in [0.25, 0.3) is 0 Å². The van der Waals surface area contributed by atoms with E-state index >= 15 is 0 Å². The van der Waals surface area contributed by atoms with Gasteiger partial charge in [-0.05, 0) is 70.0 Å². The van der Waals surface area contributed by atoms with Crippen LogP contribution in [-0.2, 0) is 6.42 Å². The minimum atomic E-state index is -0.943. The van der Waals surface area contributed by atoms with Crippen molar-refractivity contribution in [3.05, 3.63) is 59.3 Å². The summed E-state index contributed by atoms with van der Waals surface area (Å²) in [5.41, 5.74) is 9.64. The van der Waals surface area contributed by atoms with E-state index in [0.717, 1.165) is 73.3 Å². The highest BCUT2D eigenvalue weighted by molar-refractivity contribution is 6.11. The second kappa shape index (κ2) is 9.69. The number of rotatable bonds is 5. The molecule has 32 heavy (non-hydrogen) atoms. The van der Waals surface area contributed by atoms with Gasteiger partial charge in [0.2, 0.25) is 0 Å². The topological polar surface area (TPSA) is 62.9 Å². The molecule has 1 fully saturated rings. The molecule has 0 saturated carbocycles. The molecule has 2 aromatic carbocycles. The molecular formula is C25H30F2N4O. The first-order valence-corrected chi connectivity index (χ1v) is 11.2. The van der Waals surface area contributed by atoms with Crippen molar-refractivity contribution in [3.8, 4) is 11.5 Å². The van der Waals surface area contributed by atoms with Crippen LogP contribution >= 0.6 is 0 Å². The van der Waals surface area contributed by atoms with E-state index in [-0.39, 0.29) is 11.8 Å². The van der Waals surface area contributed by atoms with Gasteiger partial charge in [0, 0.05) is 54.0 Å². The number of piperidine rings is 1. The van der Waals surface area contributed by atoms with Gasteiger partial charge in [-0.1, -0.05) is 0 Å². The molecule has 1 atom stereocenters. The molecule has 0 aliphatic carbocycles. The normalized spacial score (nSPS) is 19.9. The van der Waals surface area contributed by atoms with Gasteiger partial charge in [-0.2, -0.15) is 0 Å². The van der Waals surface area contributed by atoms with Gasteiger partial charge >= 0.3 is 0 Å². The van der Waals surface area contributed by atoms with Crippen molar-refractivity contribution in [2.45, 2.75) is 44.7 Å². The monoisotopic (exact) mass is 440 g/mol. The number of nitrogens with zero attached hydrogens (tertiary/aromatic N) is 2. The molecule has 1 unspecified atom stereocenters. The molecule has 2 aliphatic heterocycles. The Bertz CT molecular complexity index is 1030. The van der Waals surface area contributed by atoms with E-state index in [2.05, 4.69) is 30.3 Å². The Morgan fingerprint density at radius 2 is 1.94 bits per heavy atom. The molecule has 0 aromatic heterocycles. The van der Waals surface area contributed by atoms with Gasteiger partial charge in [0.05, 0.1) is 6.04 Å². The van der Waals surface area contributed by atoms with Crippen LogP contribution in [0, 0.1) is 11.6 Å². The van der Waals surface area contributed by atoms with E-state index in [0.29, 0.717) is 11.8 Å². The Balaban J connectivity index is 1.75. The SMILES string of the molecule is CC1CCc2c(ccc(C(C=NC3CCNCC3)=CN)c2Oc2ccc(F)c(F)c2)N1C. The summed E-state index contributed by atoms with van der Waals surface area (Å²) in [5, 5.41) is 3.34. The zero-order valence-electron chi connectivity index (χ0n) is 18.6. The third kappa shape index (κ3) is 4.63. The highest BCUT2D eigenvalue weighted by Gasteiger charge is 2.26. The van der Waals surface area contributed by atoms with E-state index in [9.17, 15) is 8.78 Å². The number of aliphatic imine (C=N–C) groups is 1. The Hall–Kier alpha value is -2.93. The predicted molar refractivity (Wildman–Crippen MR) is 126 cm³/mol. The third-order valence-corrected chi connectivity index (χ3v) is 6.42. The molecular weight excluding hydrogens is 410 g/mol. The van der Waals surface area contributed by atoms with E-state index in [4.69, 9.17) is 15.5 Å². The van der Waals surface area contributed by atoms with Crippen LogP contribution in [0.5, 0.6) is 11.5 Å². The molecule has 0 amide bonds. The lowest BCUT2D eigenvalue weighted by Crippen LogP contribution is -2.33. The number of benzene rings is 2. The number of nitrogens with one attached hydrogen (secondary N) is 1. The number of anilines is 1. The van der Waals surface area contributed by atoms with Crippen molar-refractivity contribution in [1.82, 2.24) is 5.32 Å². The highest BCUT2D eigenvalue weighted by Crippen LogP contribution is 2.42. The van der Waals surface area contributed by atoms with Crippen molar-refractivity contribution in [2.75, 3.05) is 25.0 Å². The molecule has 2 aliphatic rings. The largest absolute Gasteiger partial charge is 0.456 e. The minimum absolute atomic E-state index is 0.242. The van der Waals surface area contributed by atoms with Gasteiger partial charge in [-0.15, -0.1) is 0 Å². The number of fused-ring (bicyclic) bond motifs is 1. The maximum atomic E-state index is 13.9. The quantitative estimate of drug-likeness (QED) is 0.665. The van der Waals surface area contributed by atoms with Crippen LogP contribution in [0.1, 0.15) is 37.3 Å². The summed E-state index contributed by atoms with van der Waals surface area (Å²) >= 11 is 0. The molecule has 5 nitrogen and oxygen atoms in total. The zero-order chi connectivity index (χ0) is 22.7. The number of ether oxygens (including phenoxy) is 1. The van der Waals surface area contributed by atoms with E-state index in [1.807, 2.05) is 12.3 Å². The summed E-state index contributed by atoms with van der Waals surface area (Å²) in [4.78, 5) is 6.97. The molecule has 0 spiro atoms. The first-order chi connectivity index (χ1) is 15.5. The third-order valence-electron chi connectivity index (χ3n) is 6.42. The van der Waals surface area contributed by atoms with Crippen LogP contribution in [0.2, 0.25) is 0 Å². The number of hydrogen-bond donors (Lipinski definition) is 2. The number of hydrogen-bond acceptors (Lipinski definition) is 5. The van der Waals surface area contributed by atoms with Crippen molar-refractivity contribution >= 4 is 17.5 Å². The van der Waals surface area contributed by atoms with E-state index < -0.39 is 11.6 Å². The summed E-state index contributed by atoms with van der Waals surface area (Å²) in [6, 6.07) is 8.28. The smallest absolute Gasteiger partial charge is 0.162 e. The molecule has 4 rings (SSSR count). The van der Waals surface area contributed by atoms with Crippen LogP contribution in [0.4, 0.5) is 14.5 Å². The van der Waals surface area contributed by atoms with Crippen molar-refractivity contribution < 1.29 is 13.5 Å². The summed E-state index contributed by atoms with van der Waals surface area (Å²) in [6.07, 6.45) is 7.09. The molecule has 2 heterocycles.